The van der Waals surface area contributed by atoms with Crippen LogP contribution < -0.4 is 5.73 Å². The Labute approximate surface area is 100 Å². The van der Waals surface area contributed by atoms with Gasteiger partial charge in [0.25, 0.3) is 0 Å². The fraction of sp³-hybridized carbons (Fsp3) is 0.500. The Kier molecular flexibility index (Phi) is 3.79. The van der Waals surface area contributed by atoms with Gasteiger partial charge in [-0.05, 0) is 31.5 Å². The van der Waals surface area contributed by atoms with Gasteiger partial charge in [-0.25, -0.2) is 4.39 Å². The number of hydrogen-bond donors (Lipinski definition) is 1. The summed E-state index contributed by atoms with van der Waals surface area (Å²) in [6.07, 6.45) is 2.16. The summed E-state index contributed by atoms with van der Waals surface area (Å²) in [7, 11) is 0. The minimum absolute atomic E-state index is 0.226. The topological polar surface area (TPSA) is 29.3 Å². The van der Waals surface area contributed by atoms with E-state index < -0.39 is 0 Å². The molecule has 1 saturated heterocycles. The zero-order valence-electron chi connectivity index (χ0n) is 9.13. The van der Waals surface area contributed by atoms with Gasteiger partial charge in [-0.15, -0.1) is 0 Å². The summed E-state index contributed by atoms with van der Waals surface area (Å²) in [5, 5.41) is 0.441. The molecule has 0 saturated carbocycles. The Morgan fingerprint density at radius 3 is 3.00 bits per heavy atom. The zero-order chi connectivity index (χ0) is 11.5. The molecule has 0 bridgehead atoms. The summed E-state index contributed by atoms with van der Waals surface area (Å²) < 4.78 is 13.6. The minimum Gasteiger partial charge on any atom is -0.327 e. The van der Waals surface area contributed by atoms with Crippen LogP contribution in [0.4, 0.5) is 4.39 Å². The van der Waals surface area contributed by atoms with E-state index in [1.54, 1.807) is 12.1 Å². The van der Waals surface area contributed by atoms with E-state index in [1.165, 1.54) is 6.07 Å². The molecule has 1 aliphatic rings. The van der Waals surface area contributed by atoms with E-state index in [4.69, 9.17) is 17.3 Å². The average molecular weight is 243 g/mol. The van der Waals surface area contributed by atoms with Gasteiger partial charge in [-0.1, -0.05) is 17.7 Å². The first kappa shape index (κ1) is 11.8. The first-order chi connectivity index (χ1) is 7.65. The van der Waals surface area contributed by atoms with E-state index >= 15 is 0 Å². The van der Waals surface area contributed by atoms with Crippen LogP contribution in [0, 0.1) is 5.82 Å². The second kappa shape index (κ2) is 5.13. The van der Waals surface area contributed by atoms with Gasteiger partial charge in [-0.2, -0.15) is 0 Å². The quantitative estimate of drug-likeness (QED) is 0.863. The van der Waals surface area contributed by atoms with Gasteiger partial charge in [0.1, 0.15) is 5.82 Å². The lowest BCUT2D eigenvalue weighted by atomic mass is 10.1. The number of likely N-dealkylation sites (tertiary alicyclic amines) is 1. The molecule has 1 aromatic carbocycles. The molecule has 1 fully saturated rings. The van der Waals surface area contributed by atoms with Crippen LogP contribution in [0.5, 0.6) is 0 Å². The molecule has 16 heavy (non-hydrogen) atoms. The van der Waals surface area contributed by atoms with Crippen molar-refractivity contribution >= 4 is 11.6 Å². The Balaban J connectivity index is 2.02. The summed E-state index contributed by atoms with van der Waals surface area (Å²) >= 11 is 5.71. The molecular formula is C12H16ClFN2. The van der Waals surface area contributed by atoms with Crippen LogP contribution in [0.15, 0.2) is 18.2 Å². The SMILES string of the molecule is N[C@H]1CCCN(Cc2ccc(Cl)cc2F)C1. The predicted molar refractivity (Wildman–Crippen MR) is 63.9 cm³/mol. The molecule has 1 heterocycles. The molecule has 0 amide bonds. The van der Waals surface area contributed by atoms with Gasteiger partial charge in [0.15, 0.2) is 0 Å². The van der Waals surface area contributed by atoms with Crippen LogP contribution in [-0.2, 0) is 6.54 Å². The smallest absolute Gasteiger partial charge is 0.129 e. The summed E-state index contributed by atoms with van der Waals surface area (Å²) in [6, 6.07) is 5.06. The predicted octanol–water partition coefficient (Wildman–Crippen LogP) is 2.40. The van der Waals surface area contributed by atoms with Crippen molar-refractivity contribution in [2.24, 2.45) is 5.73 Å². The van der Waals surface area contributed by atoms with Crippen LogP contribution >= 0.6 is 11.6 Å². The number of nitrogens with zero attached hydrogens (tertiary/aromatic N) is 1. The van der Waals surface area contributed by atoms with E-state index in [2.05, 4.69) is 4.90 Å². The number of hydrogen-bond acceptors (Lipinski definition) is 2. The van der Waals surface area contributed by atoms with Crippen molar-refractivity contribution in [1.82, 2.24) is 4.90 Å². The largest absolute Gasteiger partial charge is 0.327 e. The molecule has 2 nitrogen and oxygen atoms in total. The van der Waals surface area contributed by atoms with Crippen molar-refractivity contribution in [2.75, 3.05) is 13.1 Å². The maximum Gasteiger partial charge on any atom is 0.129 e. The molecule has 1 atom stereocenters. The van der Waals surface area contributed by atoms with Crippen LogP contribution in [0.3, 0.4) is 0 Å². The van der Waals surface area contributed by atoms with E-state index in [9.17, 15) is 4.39 Å². The molecule has 0 aliphatic carbocycles. The molecular weight excluding hydrogens is 227 g/mol. The summed E-state index contributed by atoms with van der Waals surface area (Å²) in [4.78, 5) is 2.19. The molecule has 0 spiro atoms. The minimum atomic E-state index is -0.230. The molecule has 2 N–H and O–H groups in total. The standard InChI is InChI=1S/C12H16ClFN2/c13-10-4-3-9(12(14)6-10)7-16-5-1-2-11(15)8-16/h3-4,6,11H,1-2,5,7-8,15H2/t11-/m0/s1. The fourth-order valence-electron chi connectivity index (χ4n) is 2.13. The second-order valence-corrected chi connectivity index (χ2v) is 4.81. The molecule has 0 aromatic heterocycles. The monoisotopic (exact) mass is 242 g/mol. The maximum atomic E-state index is 13.6. The summed E-state index contributed by atoms with van der Waals surface area (Å²) in [5.41, 5.74) is 6.58. The third kappa shape index (κ3) is 2.94. The van der Waals surface area contributed by atoms with Crippen LogP contribution in [0.25, 0.3) is 0 Å². The molecule has 0 unspecified atom stereocenters. The Morgan fingerprint density at radius 1 is 1.50 bits per heavy atom. The molecule has 88 valence electrons. The number of halogens is 2. The molecule has 1 aromatic rings. The molecule has 1 aliphatic heterocycles. The third-order valence-electron chi connectivity index (χ3n) is 2.95. The molecule has 4 heteroatoms. The fourth-order valence-corrected chi connectivity index (χ4v) is 2.28. The number of benzene rings is 1. The lowest BCUT2D eigenvalue weighted by molar-refractivity contribution is 0.199. The highest BCUT2D eigenvalue weighted by Crippen LogP contribution is 2.18. The van der Waals surface area contributed by atoms with E-state index in [0.29, 0.717) is 17.1 Å². The highest BCUT2D eigenvalue weighted by atomic mass is 35.5. The van der Waals surface area contributed by atoms with Gasteiger partial charge in [0, 0.05) is 29.7 Å². The normalized spacial score (nSPS) is 22.3. The summed E-state index contributed by atoms with van der Waals surface area (Å²) in [6.45, 7) is 2.47. The number of piperidine rings is 1. The Bertz CT molecular complexity index is 370. The van der Waals surface area contributed by atoms with E-state index in [0.717, 1.165) is 25.9 Å². The van der Waals surface area contributed by atoms with Crippen molar-refractivity contribution in [2.45, 2.75) is 25.4 Å². The number of nitrogens with two attached hydrogens (primary N) is 1. The second-order valence-electron chi connectivity index (χ2n) is 4.37. The van der Waals surface area contributed by atoms with Gasteiger partial charge >= 0.3 is 0 Å². The van der Waals surface area contributed by atoms with Gasteiger partial charge in [-0.3, -0.25) is 4.90 Å². The highest BCUT2D eigenvalue weighted by molar-refractivity contribution is 6.30. The third-order valence-corrected chi connectivity index (χ3v) is 3.19. The van der Waals surface area contributed by atoms with Crippen LogP contribution in [0.2, 0.25) is 5.02 Å². The first-order valence-corrected chi connectivity index (χ1v) is 5.95. The first-order valence-electron chi connectivity index (χ1n) is 5.57. The zero-order valence-corrected chi connectivity index (χ0v) is 9.88. The summed E-state index contributed by atoms with van der Waals surface area (Å²) in [5.74, 6) is -0.230. The van der Waals surface area contributed by atoms with Crippen molar-refractivity contribution in [3.63, 3.8) is 0 Å². The Hall–Kier alpha value is -0.640. The van der Waals surface area contributed by atoms with E-state index in [1.807, 2.05) is 0 Å². The molecule has 2 rings (SSSR count). The number of rotatable bonds is 2. The van der Waals surface area contributed by atoms with E-state index in [-0.39, 0.29) is 11.9 Å². The lowest BCUT2D eigenvalue weighted by Crippen LogP contribution is -2.42. The highest BCUT2D eigenvalue weighted by Gasteiger charge is 2.17. The molecule has 0 radical (unpaired) electrons. The van der Waals surface area contributed by atoms with Gasteiger partial charge in [0.05, 0.1) is 0 Å². The van der Waals surface area contributed by atoms with Crippen LogP contribution in [0.1, 0.15) is 18.4 Å². The van der Waals surface area contributed by atoms with Crippen molar-refractivity contribution in [1.29, 1.82) is 0 Å². The van der Waals surface area contributed by atoms with Gasteiger partial charge in [0.2, 0.25) is 0 Å². The average Bonchev–Trinajstić information content (AvgIpc) is 2.22. The van der Waals surface area contributed by atoms with Crippen molar-refractivity contribution in [3.8, 4) is 0 Å². The van der Waals surface area contributed by atoms with Crippen LogP contribution in [-0.4, -0.2) is 24.0 Å². The van der Waals surface area contributed by atoms with Gasteiger partial charge < -0.3 is 5.73 Å². The maximum absolute atomic E-state index is 13.6. The van der Waals surface area contributed by atoms with Crippen molar-refractivity contribution < 1.29 is 4.39 Å². The Morgan fingerprint density at radius 2 is 2.31 bits per heavy atom. The van der Waals surface area contributed by atoms with Crippen molar-refractivity contribution in [3.05, 3.63) is 34.6 Å². The lowest BCUT2D eigenvalue weighted by Gasteiger charge is -2.30.